The molecule has 45 heavy (non-hydrogen) atoms. The predicted molar refractivity (Wildman–Crippen MR) is 166 cm³/mol. The quantitative estimate of drug-likeness (QED) is 0.114. The minimum atomic E-state index is -3.04. The first-order chi connectivity index (χ1) is 21.3. The molecule has 4 aromatic rings. The van der Waals surface area contributed by atoms with E-state index in [0.29, 0.717) is 22.1 Å². The number of anilines is 1. The Morgan fingerprint density at radius 3 is 2.49 bits per heavy atom. The van der Waals surface area contributed by atoms with Gasteiger partial charge in [0.1, 0.15) is 23.2 Å². The van der Waals surface area contributed by atoms with Crippen LogP contribution >= 0.6 is 7.92 Å². The first-order valence-corrected chi connectivity index (χ1v) is 16.3. The summed E-state index contributed by atoms with van der Waals surface area (Å²) in [7, 11) is 0.805. The highest BCUT2D eigenvalue weighted by molar-refractivity contribution is 7.64. The van der Waals surface area contributed by atoms with Crippen molar-refractivity contribution in [3.63, 3.8) is 0 Å². The fourth-order valence-electron chi connectivity index (χ4n) is 5.86. The number of ether oxygens (including phenoxy) is 1. The number of nitrogens with zero attached hydrogens (tertiary/aromatic N) is 1. The number of carboxylic acids is 1. The second-order valence-corrected chi connectivity index (χ2v) is 13.5. The molecule has 12 heteroatoms. The molecular weight excluding hydrogens is 612 g/mol. The molecule has 6 nitrogen and oxygen atoms in total. The Morgan fingerprint density at radius 2 is 1.87 bits per heavy atom. The van der Waals surface area contributed by atoms with Gasteiger partial charge in [-0.05, 0) is 61.2 Å². The normalized spacial score (nSPS) is 15.0. The van der Waals surface area contributed by atoms with Crippen molar-refractivity contribution >= 4 is 31.0 Å². The number of carboxylic acid groups (broad SMARTS) is 1. The second kappa shape index (κ2) is 12.3. The third kappa shape index (κ3) is 6.31. The summed E-state index contributed by atoms with van der Waals surface area (Å²) < 4.78 is 80.0. The maximum atomic E-state index is 15.3. The predicted octanol–water partition coefficient (Wildman–Crippen LogP) is 8.07. The van der Waals surface area contributed by atoms with E-state index in [2.05, 4.69) is 21.9 Å². The molecule has 1 fully saturated rings. The summed E-state index contributed by atoms with van der Waals surface area (Å²) in [5.74, 6) is -5.99. The molecule has 3 aromatic carbocycles. The lowest BCUT2D eigenvalue weighted by molar-refractivity contribution is -0.136. The van der Waals surface area contributed by atoms with Gasteiger partial charge in [0, 0.05) is 66.2 Å². The van der Waals surface area contributed by atoms with Crippen molar-refractivity contribution in [1.29, 1.82) is 0 Å². The Kier molecular flexibility index (Phi) is 8.77. The Hall–Kier alpha value is -4.24. The molecular formula is C33H31F5N3O3P. The number of halogens is 5. The van der Waals surface area contributed by atoms with E-state index in [1.165, 1.54) is 36.5 Å². The van der Waals surface area contributed by atoms with E-state index in [0.717, 1.165) is 12.1 Å². The van der Waals surface area contributed by atoms with Crippen molar-refractivity contribution < 1.29 is 36.6 Å². The fraction of sp³-hybridized carbons (Fsp3) is 0.273. The highest BCUT2D eigenvalue weighted by Crippen LogP contribution is 2.57. The molecule has 5 rings (SSSR count). The lowest BCUT2D eigenvalue weighted by atomic mass is 9.60. The molecule has 1 aliphatic carbocycles. The second-order valence-electron chi connectivity index (χ2n) is 11.3. The van der Waals surface area contributed by atoms with Crippen LogP contribution in [0.15, 0.2) is 55.2 Å². The molecule has 1 heterocycles. The number of carbonyl (C=O) groups is 1. The summed E-state index contributed by atoms with van der Waals surface area (Å²) in [6.07, 6.45) is 1.39. The molecule has 0 saturated heterocycles. The Balaban J connectivity index is 1.53. The minimum absolute atomic E-state index is 0.0105. The molecule has 1 aliphatic rings. The average molecular weight is 644 g/mol. The number of nitrogens with one attached hydrogen (secondary N) is 2. The van der Waals surface area contributed by atoms with Gasteiger partial charge in [0.2, 0.25) is 0 Å². The first-order valence-electron chi connectivity index (χ1n) is 14.0. The molecule has 1 saturated carbocycles. The molecule has 0 radical (unpaired) electrons. The number of aromatic nitrogens is 2. The third-order valence-electron chi connectivity index (χ3n) is 7.93. The van der Waals surface area contributed by atoms with E-state index in [-0.39, 0.29) is 47.0 Å². The van der Waals surface area contributed by atoms with Crippen molar-refractivity contribution in [1.82, 2.24) is 9.97 Å². The molecule has 0 aliphatic heterocycles. The van der Waals surface area contributed by atoms with Gasteiger partial charge in [-0.15, -0.1) is 0 Å². The zero-order valence-corrected chi connectivity index (χ0v) is 25.7. The van der Waals surface area contributed by atoms with Crippen molar-refractivity contribution in [3.8, 4) is 22.9 Å². The third-order valence-corrected chi connectivity index (χ3v) is 9.27. The summed E-state index contributed by atoms with van der Waals surface area (Å²) in [4.78, 5) is 18.3. The molecule has 3 N–H and O–H groups in total. The van der Waals surface area contributed by atoms with Gasteiger partial charge in [0.15, 0.2) is 11.6 Å². The lowest BCUT2D eigenvalue weighted by Gasteiger charge is -2.47. The van der Waals surface area contributed by atoms with Gasteiger partial charge in [-0.3, -0.25) is 4.79 Å². The molecule has 0 amide bonds. The van der Waals surface area contributed by atoms with E-state index in [1.807, 2.05) is 13.3 Å². The van der Waals surface area contributed by atoms with Gasteiger partial charge in [0.05, 0.1) is 5.56 Å². The first kappa shape index (κ1) is 32.2. The van der Waals surface area contributed by atoms with Gasteiger partial charge in [-0.2, -0.15) is 0 Å². The SMILES string of the molecule is C=Cc1c(NC)cc(F)c(Oc2ccc(F)c(-c3ncc(C4(c5cc(F)cc(CCC(=O)O)c5)CC(F)(F)C4)[nH]3)c2)c1P(C)C. The zero-order chi connectivity index (χ0) is 32.7. The highest BCUT2D eigenvalue weighted by atomic mass is 31.1. The van der Waals surface area contributed by atoms with E-state index in [9.17, 15) is 18.0 Å². The average Bonchev–Trinajstić information content (AvgIpc) is 3.46. The number of hydrogen-bond acceptors (Lipinski definition) is 4. The van der Waals surface area contributed by atoms with E-state index in [1.54, 1.807) is 13.1 Å². The van der Waals surface area contributed by atoms with Crippen LogP contribution in [0.3, 0.4) is 0 Å². The Bertz CT molecular complexity index is 1780. The summed E-state index contributed by atoms with van der Waals surface area (Å²) in [5, 5.41) is 12.6. The van der Waals surface area contributed by atoms with Gasteiger partial charge >= 0.3 is 5.97 Å². The number of hydrogen-bond donors (Lipinski definition) is 3. The molecule has 0 bridgehead atoms. The van der Waals surface area contributed by atoms with Crippen LogP contribution in [0.25, 0.3) is 17.5 Å². The van der Waals surface area contributed by atoms with Crippen LogP contribution in [0.5, 0.6) is 11.5 Å². The van der Waals surface area contributed by atoms with Crippen LogP contribution in [0.1, 0.15) is 41.6 Å². The highest BCUT2D eigenvalue weighted by Gasteiger charge is 2.59. The Morgan fingerprint density at radius 1 is 1.13 bits per heavy atom. The van der Waals surface area contributed by atoms with Crippen LogP contribution < -0.4 is 15.4 Å². The van der Waals surface area contributed by atoms with E-state index in [4.69, 9.17) is 9.84 Å². The molecule has 0 spiro atoms. The maximum Gasteiger partial charge on any atom is 0.303 e. The van der Waals surface area contributed by atoms with Crippen LogP contribution in [0, 0.1) is 17.5 Å². The number of imidazole rings is 1. The Labute approximate surface area is 258 Å². The van der Waals surface area contributed by atoms with Crippen LogP contribution in [-0.2, 0) is 16.6 Å². The molecule has 236 valence electrons. The summed E-state index contributed by atoms with van der Waals surface area (Å²) in [6.45, 7) is 7.74. The number of aromatic amines is 1. The summed E-state index contributed by atoms with van der Waals surface area (Å²) in [6, 6.07) is 8.96. The van der Waals surface area contributed by atoms with Crippen molar-refractivity contribution in [3.05, 3.63) is 95.1 Å². The lowest BCUT2D eigenvalue weighted by Crippen LogP contribution is -2.50. The van der Waals surface area contributed by atoms with Gasteiger partial charge in [-0.1, -0.05) is 26.6 Å². The summed E-state index contributed by atoms with van der Waals surface area (Å²) in [5.41, 5.74) is 0.638. The van der Waals surface area contributed by atoms with Gasteiger partial charge in [0.25, 0.3) is 5.92 Å². The maximum absolute atomic E-state index is 15.3. The van der Waals surface area contributed by atoms with Crippen LogP contribution in [-0.4, -0.2) is 47.3 Å². The van der Waals surface area contributed by atoms with Crippen LogP contribution in [0.2, 0.25) is 0 Å². The van der Waals surface area contributed by atoms with Gasteiger partial charge in [-0.25, -0.2) is 26.9 Å². The van der Waals surface area contributed by atoms with Crippen molar-refractivity contribution in [2.75, 3.05) is 25.7 Å². The molecule has 0 unspecified atom stereocenters. The van der Waals surface area contributed by atoms with Gasteiger partial charge < -0.3 is 20.1 Å². The van der Waals surface area contributed by atoms with E-state index < -0.39 is 55.5 Å². The largest absolute Gasteiger partial charge is 0.481 e. The fourth-order valence-corrected chi connectivity index (χ4v) is 7.11. The van der Waals surface area contributed by atoms with Crippen molar-refractivity contribution in [2.45, 2.75) is 37.0 Å². The smallest absolute Gasteiger partial charge is 0.303 e. The minimum Gasteiger partial charge on any atom is -0.481 e. The number of alkyl halides is 2. The topological polar surface area (TPSA) is 87.2 Å². The molecule has 0 atom stereocenters. The number of aliphatic carboxylic acids is 1. The van der Waals surface area contributed by atoms with E-state index >= 15 is 8.78 Å². The monoisotopic (exact) mass is 643 g/mol. The van der Waals surface area contributed by atoms with Crippen molar-refractivity contribution in [2.24, 2.45) is 0 Å². The number of benzene rings is 3. The number of rotatable bonds is 11. The van der Waals surface area contributed by atoms with Crippen LogP contribution in [0.4, 0.5) is 27.6 Å². The molecule has 1 aromatic heterocycles. The zero-order valence-electron chi connectivity index (χ0n) is 24.8. The standard InChI is InChI=1S/C33H31F5N3O3P/c1-5-22-26(39-2)14-25(36)29(30(22)45(3)4)44-21-7-8-24(35)23(13-21)31-40-15-27(41-31)32(16-33(37,38)17-32)19-10-18(6-9-28(42)43)11-20(34)12-19/h5,7-8,10-15,39H,1,6,9,16-17H2,2-4H3,(H,40,41)(H,42,43). The number of H-pyrrole nitrogens is 1. The number of aryl methyl sites for hydroxylation is 1. The summed E-state index contributed by atoms with van der Waals surface area (Å²) >= 11 is 0.